The van der Waals surface area contributed by atoms with Crippen molar-refractivity contribution in [3.05, 3.63) is 54.4 Å². The lowest BCUT2D eigenvalue weighted by atomic mass is 10.2. The van der Waals surface area contributed by atoms with E-state index in [-0.39, 0.29) is 6.04 Å². The van der Waals surface area contributed by atoms with Gasteiger partial charge in [0.25, 0.3) is 0 Å². The van der Waals surface area contributed by atoms with Crippen LogP contribution in [0.1, 0.15) is 24.5 Å². The summed E-state index contributed by atoms with van der Waals surface area (Å²) in [4.78, 5) is 9.09. The molecule has 0 spiro atoms. The van der Waals surface area contributed by atoms with E-state index in [1.807, 2.05) is 48.9 Å². The molecule has 104 valence electrons. The maximum atomic E-state index is 4.69. The lowest BCUT2D eigenvalue weighted by Gasteiger charge is -2.09. The Kier molecular flexibility index (Phi) is 2.50. The van der Waals surface area contributed by atoms with Crippen molar-refractivity contribution in [1.29, 1.82) is 0 Å². The maximum Gasteiger partial charge on any atom is 0.176 e. The van der Waals surface area contributed by atoms with E-state index in [1.165, 1.54) is 0 Å². The van der Waals surface area contributed by atoms with Gasteiger partial charge >= 0.3 is 0 Å². The van der Waals surface area contributed by atoms with Gasteiger partial charge in [-0.05, 0) is 32.0 Å². The predicted octanol–water partition coefficient (Wildman–Crippen LogP) is 2.39. The SMILES string of the molecule is Cc1ccnn1C(C)c1nc2c3ccccc3ncn2n1. The molecule has 4 aromatic rings. The highest BCUT2D eigenvalue weighted by atomic mass is 15.4. The lowest BCUT2D eigenvalue weighted by molar-refractivity contribution is 0.523. The van der Waals surface area contributed by atoms with Gasteiger partial charge in [-0.3, -0.25) is 4.68 Å². The zero-order valence-electron chi connectivity index (χ0n) is 11.8. The van der Waals surface area contributed by atoms with Gasteiger partial charge in [0.2, 0.25) is 0 Å². The fraction of sp³-hybridized carbons (Fsp3) is 0.200. The molecular formula is C15H14N6. The minimum atomic E-state index is -0.0151. The Hall–Kier alpha value is -2.76. The van der Waals surface area contributed by atoms with Crippen molar-refractivity contribution in [3.8, 4) is 0 Å². The van der Waals surface area contributed by atoms with Gasteiger partial charge in [0, 0.05) is 17.3 Å². The highest BCUT2D eigenvalue weighted by molar-refractivity contribution is 5.90. The highest BCUT2D eigenvalue weighted by Crippen LogP contribution is 2.20. The van der Waals surface area contributed by atoms with Crippen LogP contribution in [0.4, 0.5) is 0 Å². The second-order valence-electron chi connectivity index (χ2n) is 5.09. The molecule has 0 bridgehead atoms. The first kappa shape index (κ1) is 12.0. The van der Waals surface area contributed by atoms with Crippen molar-refractivity contribution >= 4 is 16.6 Å². The van der Waals surface area contributed by atoms with Gasteiger partial charge in [0.05, 0.1) is 5.52 Å². The predicted molar refractivity (Wildman–Crippen MR) is 79.1 cm³/mol. The summed E-state index contributed by atoms with van der Waals surface area (Å²) in [5.74, 6) is 0.736. The first-order chi connectivity index (χ1) is 10.2. The molecule has 3 heterocycles. The van der Waals surface area contributed by atoms with Gasteiger partial charge in [-0.2, -0.15) is 5.10 Å². The Bertz CT molecular complexity index is 936. The number of hydrogen-bond donors (Lipinski definition) is 0. The molecule has 6 heteroatoms. The summed E-state index contributed by atoms with van der Waals surface area (Å²) in [5, 5.41) is 9.88. The van der Waals surface area contributed by atoms with Crippen LogP contribution in [0.3, 0.4) is 0 Å². The number of nitrogens with zero attached hydrogens (tertiary/aromatic N) is 6. The van der Waals surface area contributed by atoms with Gasteiger partial charge < -0.3 is 0 Å². The third-order valence-corrected chi connectivity index (χ3v) is 3.71. The third-order valence-electron chi connectivity index (χ3n) is 3.71. The van der Waals surface area contributed by atoms with E-state index in [9.17, 15) is 0 Å². The summed E-state index contributed by atoms with van der Waals surface area (Å²) in [6.45, 7) is 4.07. The summed E-state index contributed by atoms with van der Waals surface area (Å²) in [7, 11) is 0. The van der Waals surface area contributed by atoms with E-state index in [1.54, 1.807) is 17.0 Å². The summed E-state index contributed by atoms with van der Waals surface area (Å²) in [6, 6.07) is 9.91. The number of aromatic nitrogens is 6. The Morgan fingerprint density at radius 2 is 2.00 bits per heavy atom. The number of fused-ring (bicyclic) bond motifs is 3. The molecule has 1 atom stereocenters. The molecule has 1 unspecified atom stereocenters. The molecule has 0 aliphatic heterocycles. The lowest BCUT2D eigenvalue weighted by Crippen LogP contribution is -2.11. The minimum Gasteiger partial charge on any atom is -0.259 e. The normalized spacial score (nSPS) is 13.0. The topological polar surface area (TPSA) is 60.9 Å². The summed E-state index contributed by atoms with van der Waals surface area (Å²) in [5.41, 5.74) is 2.84. The van der Waals surface area contributed by atoms with Crippen LogP contribution < -0.4 is 0 Å². The molecule has 1 aromatic carbocycles. The standard InChI is InChI=1S/C15H14N6/c1-10-7-8-17-21(10)11(2)14-18-15-12-5-3-4-6-13(12)16-9-20(15)19-14/h3-9,11H,1-2H3. The second kappa shape index (κ2) is 4.37. The smallest absolute Gasteiger partial charge is 0.176 e. The van der Waals surface area contributed by atoms with Crippen LogP contribution in [0.15, 0.2) is 42.9 Å². The molecule has 4 rings (SSSR count). The number of benzene rings is 1. The van der Waals surface area contributed by atoms with E-state index in [4.69, 9.17) is 0 Å². The Balaban J connectivity index is 1.91. The maximum absolute atomic E-state index is 4.69. The van der Waals surface area contributed by atoms with Crippen LogP contribution in [0.5, 0.6) is 0 Å². The van der Waals surface area contributed by atoms with Crippen molar-refractivity contribution in [2.24, 2.45) is 0 Å². The summed E-state index contributed by atoms with van der Waals surface area (Å²) >= 11 is 0. The molecule has 0 aliphatic rings. The first-order valence-electron chi connectivity index (χ1n) is 6.84. The van der Waals surface area contributed by atoms with Crippen molar-refractivity contribution in [3.63, 3.8) is 0 Å². The molecule has 6 nitrogen and oxygen atoms in total. The second-order valence-corrected chi connectivity index (χ2v) is 5.09. The number of hydrogen-bond acceptors (Lipinski definition) is 4. The fourth-order valence-electron chi connectivity index (χ4n) is 2.57. The van der Waals surface area contributed by atoms with E-state index in [0.717, 1.165) is 28.1 Å². The summed E-state index contributed by atoms with van der Waals surface area (Å²) in [6.07, 6.45) is 3.50. The molecule has 0 saturated carbocycles. The van der Waals surface area contributed by atoms with Crippen molar-refractivity contribution in [2.45, 2.75) is 19.9 Å². The van der Waals surface area contributed by atoms with E-state index in [2.05, 4.69) is 20.2 Å². The van der Waals surface area contributed by atoms with Crippen LogP contribution in [0.2, 0.25) is 0 Å². The highest BCUT2D eigenvalue weighted by Gasteiger charge is 2.17. The first-order valence-corrected chi connectivity index (χ1v) is 6.84. The number of aryl methyl sites for hydroxylation is 1. The zero-order valence-corrected chi connectivity index (χ0v) is 11.8. The van der Waals surface area contributed by atoms with E-state index < -0.39 is 0 Å². The van der Waals surface area contributed by atoms with Gasteiger partial charge in [0.15, 0.2) is 11.5 Å². The molecule has 0 amide bonds. The largest absolute Gasteiger partial charge is 0.259 e. The average molecular weight is 278 g/mol. The third kappa shape index (κ3) is 1.79. The van der Waals surface area contributed by atoms with Crippen LogP contribution in [-0.2, 0) is 0 Å². The molecule has 3 aromatic heterocycles. The Labute approximate surface area is 121 Å². The summed E-state index contributed by atoms with van der Waals surface area (Å²) < 4.78 is 3.65. The fourth-order valence-corrected chi connectivity index (χ4v) is 2.57. The zero-order chi connectivity index (χ0) is 14.4. The molecule has 0 fully saturated rings. The Morgan fingerprint density at radius 1 is 1.14 bits per heavy atom. The van der Waals surface area contributed by atoms with Crippen LogP contribution >= 0.6 is 0 Å². The molecule has 0 aliphatic carbocycles. The minimum absolute atomic E-state index is 0.0151. The van der Waals surface area contributed by atoms with Crippen LogP contribution in [0, 0.1) is 6.92 Å². The van der Waals surface area contributed by atoms with Crippen molar-refractivity contribution in [1.82, 2.24) is 29.4 Å². The van der Waals surface area contributed by atoms with Gasteiger partial charge in [0.1, 0.15) is 12.4 Å². The van der Waals surface area contributed by atoms with E-state index in [0.29, 0.717) is 0 Å². The van der Waals surface area contributed by atoms with Gasteiger partial charge in [-0.1, -0.05) is 12.1 Å². The molecule has 0 saturated heterocycles. The Morgan fingerprint density at radius 3 is 2.81 bits per heavy atom. The van der Waals surface area contributed by atoms with E-state index >= 15 is 0 Å². The van der Waals surface area contributed by atoms with Crippen LogP contribution in [0.25, 0.3) is 16.6 Å². The molecule has 21 heavy (non-hydrogen) atoms. The van der Waals surface area contributed by atoms with Crippen molar-refractivity contribution in [2.75, 3.05) is 0 Å². The van der Waals surface area contributed by atoms with Crippen molar-refractivity contribution < 1.29 is 0 Å². The molecule has 0 N–H and O–H groups in total. The van der Waals surface area contributed by atoms with Crippen LogP contribution in [-0.4, -0.2) is 29.4 Å². The van der Waals surface area contributed by atoms with Gasteiger partial charge in [-0.15, -0.1) is 5.10 Å². The molecular weight excluding hydrogens is 264 g/mol. The monoisotopic (exact) mass is 278 g/mol. The average Bonchev–Trinajstić information content (AvgIpc) is 3.12. The number of para-hydroxylation sites is 1. The number of rotatable bonds is 2. The van der Waals surface area contributed by atoms with Gasteiger partial charge in [-0.25, -0.2) is 14.5 Å². The quantitative estimate of drug-likeness (QED) is 0.565. The molecule has 0 radical (unpaired) electrons.